The zero-order valence-electron chi connectivity index (χ0n) is 13.0. The molecule has 0 aromatic heterocycles. The van der Waals surface area contributed by atoms with Gasteiger partial charge >= 0.3 is 0 Å². The fourth-order valence-corrected chi connectivity index (χ4v) is 3.30. The van der Waals surface area contributed by atoms with Crippen molar-refractivity contribution in [2.24, 2.45) is 5.92 Å². The van der Waals surface area contributed by atoms with Gasteiger partial charge in [-0.3, -0.25) is 4.79 Å². The first-order chi connectivity index (χ1) is 10.7. The summed E-state index contributed by atoms with van der Waals surface area (Å²) < 4.78 is 5.64. The van der Waals surface area contributed by atoms with Crippen LogP contribution in [-0.2, 0) is 4.79 Å². The van der Waals surface area contributed by atoms with E-state index in [2.05, 4.69) is 5.32 Å². The van der Waals surface area contributed by atoms with E-state index >= 15 is 0 Å². The van der Waals surface area contributed by atoms with Crippen LogP contribution in [0.5, 0.6) is 5.75 Å². The topological polar surface area (TPSA) is 61.8 Å². The van der Waals surface area contributed by atoms with E-state index in [0.29, 0.717) is 19.6 Å². The summed E-state index contributed by atoms with van der Waals surface area (Å²) in [7, 11) is 0. The lowest BCUT2D eigenvalue weighted by Crippen LogP contribution is -2.37. The molecule has 22 heavy (non-hydrogen) atoms. The zero-order chi connectivity index (χ0) is 15.5. The van der Waals surface area contributed by atoms with Crippen LogP contribution in [0.4, 0.5) is 5.69 Å². The van der Waals surface area contributed by atoms with Crippen LogP contribution < -0.4 is 15.0 Å². The van der Waals surface area contributed by atoms with Crippen molar-refractivity contribution in [2.75, 3.05) is 31.1 Å². The summed E-state index contributed by atoms with van der Waals surface area (Å²) >= 11 is 0. The zero-order valence-corrected chi connectivity index (χ0v) is 13.0. The third-order valence-electron chi connectivity index (χ3n) is 4.62. The van der Waals surface area contributed by atoms with Crippen molar-refractivity contribution < 1.29 is 14.6 Å². The van der Waals surface area contributed by atoms with Crippen molar-refractivity contribution in [1.82, 2.24) is 5.32 Å². The van der Waals surface area contributed by atoms with Crippen molar-refractivity contribution in [2.45, 2.75) is 32.3 Å². The van der Waals surface area contributed by atoms with Crippen LogP contribution in [0.15, 0.2) is 18.2 Å². The van der Waals surface area contributed by atoms with Gasteiger partial charge in [-0.25, -0.2) is 0 Å². The monoisotopic (exact) mass is 304 g/mol. The molecule has 3 rings (SSSR count). The second-order valence-corrected chi connectivity index (χ2v) is 6.01. The number of piperidine rings is 1. The summed E-state index contributed by atoms with van der Waals surface area (Å²) in [6.07, 6.45) is 1.95. The summed E-state index contributed by atoms with van der Waals surface area (Å²) in [4.78, 5) is 13.9. The van der Waals surface area contributed by atoms with E-state index in [1.807, 2.05) is 25.1 Å². The molecule has 2 aliphatic heterocycles. The molecule has 0 radical (unpaired) electrons. The van der Waals surface area contributed by atoms with Crippen molar-refractivity contribution in [1.29, 1.82) is 0 Å². The summed E-state index contributed by atoms with van der Waals surface area (Å²) in [5.74, 6) is 1.10. The molecule has 1 saturated heterocycles. The van der Waals surface area contributed by atoms with Crippen LogP contribution in [0, 0.1) is 5.92 Å². The molecule has 0 spiro atoms. The fourth-order valence-electron chi connectivity index (χ4n) is 3.30. The number of ether oxygens (including phenoxy) is 1. The van der Waals surface area contributed by atoms with Gasteiger partial charge < -0.3 is 20.1 Å². The normalized spacial score (nSPS) is 20.2. The molecule has 1 aromatic carbocycles. The van der Waals surface area contributed by atoms with Crippen LogP contribution in [0.25, 0.3) is 0 Å². The number of hydrogen-bond acceptors (Lipinski definition) is 4. The van der Waals surface area contributed by atoms with Gasteiger partial charge in [-0.15, -0.1) is 0 Å². The highest BCUT2D eigenvalue weighted by molar-refractivity contribution is 5.95. The standard InChI is InChI=1S/C17H24N2O3/c1-2-16(20)19-9-10-22-15-4-3-13(11-14(15)19)17(21)12-5-7-18-8-6-12/h3-4,11-12,17-18,21H,2,5-10H2,1H3. The Morgan fingerprint density at radius 2 is 2.23 bits per heavy atom. The number of fused-ring (bicyclic) bond motifs is 1. The molecule has 0 aliphatic carbocycles. The lowest BCUT2D eigenvalue weighted by Gasteiger charge is -2.32. The molecule has 2 aliphatic rings. The highest BCUT2D eigenvalue weighted by atomic mass is 16.5. The van der Waals surface area contributed by atoms with Gasteiger partial charge in [-0.1, -0.05) is 13.0 Å². The predicted molar refractivity (Wildman–Crippen MR) is 85.1 cm³/mol. The van der Waals surface area contributed by atoms with Gasteiger partial charge in [-0.05, 0) is 49.5 Å². The molecule has 1 atom stereocenters. The van der Waals surface area contributed by atoms with E-state index in [-0.39, 0.29) is 11.8 Å². The van der Waals surface area contributed by atoms with E-state index in [1.165, 1.54) is 0 Å². The van der Waals surface area contributed by atoms with Gasteiger partial charge in [0.15, 0.2) is 0 Å². The maximum Gasteiger partial charge on any atom is 0.226 e. The lowest BCUT2D eigenvalue weighted by atomic mass is 9.88. The quantitative estimate of drug-likeness (QED) is 0.895. The van der Waals surface area contributed by atoms with Crippen LogP contribution in [0.1, 0.15) is 37.9 Å². The Bertz CT molecular complexity index is 541. The maximum absolute atomic E-state index is 12.1. The Morgan fingerprint density at radius 3 is 2.95 bits per heavy atom. The summed E-state index contributed by atoms with van der Waals surface area (Å²) in [5, 5.41) is 14.0. The highest BCUT2D eigenvalue weighted by Gasteiger charge is 2.27. The molecule has 1 unspecified atom stereocenters. The molecule has 1 fully saturated rings. The van der Waals surface area contributed by atoms with Gasteiger partial charge in [0.25, 0.3) is 0 Å². The number of nitrogens with zero attached hydrogens (tertiary/aromatic N) is 1. The van der Waals surface area contributed by atoms with Crippen LogP contribution in [0.3, 0.4) is 0 Å². The van der Waals surface area contributed by atoms with Gasteiger partial charge in [0, 0.05) is 6.42 Å². The lowest BCUT2D eigenvalue weighted by molar-refractivity contribution is -0.118. The van der Waals surface area contributed by atoms with Crippen molar-refractivity contribution >= 4 is 11.6 Å². The largest absolute Gasteiger partial charge is 0.490 e. The number of carbonyl (C=O) groups is 1. The first kappa shape index (κ1) is 15.3. The van der Waals surface area contributed by atoms with Gasteiger partial charge in [0.1, 0.15) is 12.4 Å². The molecule has 0 bridgehead atoms. The van der Waals surface area contributed by atoms with Crippen molar-refractivity contribution in [3.63, 3.8) is 0 Å². The van der Waals surface area contributed by atoms with Gasteiger partial charge in [-0.2, -0.15) is 0 Å². The smallest absolute Gasteiger partial charge is 0.226 e. The fraction of sp³-hybridized carbons (Fsp3) is 0.588. The van der Waals surface area contributed by atoms with E-state index in [4.69, 9.17) is 4.74 Å². The molecule has 1 amide bonds. The number of amides is 1. The predicted octanol–water partition coefficient (Wildman–Crippen LogP) is 1.85. The average molecular weight is 304 g/mol. The minimum atomic E-state index is -0.479. The maximum atomic E-state index is 12.1. The highest BCUT2D eigenvalue weighted by Crippen LogP contribution is 2.37. The first-order valence-corrected chi connectivity index (χ1v) is 8.16. The summed E-state index contributed by atoms with van der Waals surface area (Å²) in [6, 6.07) is 5.73. The third-order valence-corrected chi connectivity index (χ3v) is 4.62. The summed E-state index contributed by atoms with van der Waals surface area (Å²) in [6.45, 7) is 4.87. The Labute approximate surface area is 131 Å². The van der Waals surface area contributed by atoms with Crippen LogP contribution in [-0.4, -0.2) is 37.3 Å². The van der Waals surface area contributed by atoms with Crippen LogP contribution >= 0.6 is 0 Å². The average Bonchev–Trinajstić information content (AvgIpc) is 2.60. The number of benzene rings is 1. The SMILES string of the molecule is CCC(=O)N1CCOc2ccc(C(O)C3CCNCC3)cc21. The number of aliphatic hydroxyl groups is 1. The van der Waals surface area contributed by atoms with Crippen molar-refractivity contribution in [3.8, 4) is 5.75 Å². The molecule has 0 saturated carbocycles. The molecule has 5 nitrogen and oxygen atoms in total. The molecule has 2 heterocycles. The minimum absolute atomic E-state index is 0.0954. The van der Waals surface area contributed by atoms with E-state index in [0.717, 1.165) is 42.9 Å². The van der Waals surface area contributed by atoms with Gasteiger partial charge in [0.2, 0.25) is 5.91 Å². The molecular formula is C17H24N2O3. The number of carbonyl (C=O) groups excluding carboxylic acids is 1. The first-order valence-electron chi connectivity index (χ1n) is 8.16. The van der Waals surface area contributed by atoms with E-state index in [1.54, 1.807) is 4.90 Å². The van der Waals surface area contributed by atoms with E-state index < -0.39 is 6.10 Å². The second-order valence-electron chi connectivity index (χ2n) is 6.01. The number of hydrogen-bond donors (Lipinski definition) is 2. The van der Waals surface area contributed by atoms with E-state index in [9.17, 15) is 9.90 Å². The van der Waals surface area contributed by atoms with Crippen molar-refractivity contribution in [3.05, 3.63) is 23.8 Å². The number of rotatable bonds is 3. The molecule has 120 valence electrons. The molecule has 2 N–H and O–H groups in total. The Morgan fingerprint density at radius 1 is 1.45 bits per heavy atom. The number of nitrogens with one attached hydrogen (secondary N) is 1. The second kappa shape index (κ2) is 6.67. The Hall–Kier alpha value is -1.59. The number of anilines is 1. The summed E-state index contributed by atoms with van der Waals surface area (Å²) in [5.41, 5.74) is 1.67. The Balaban J connectivity index is 1.86. The van der Waals surface area contributed by atoms with Gasteiger partial charge in [0.05, 0.1) is 18.3 Å². The minimum Gasteiger partial charge on any atom is -0.490 e. The molecule has 1 aromatic rings. The molecule has 5 heteroatoms. The Kier molecular flexibility index (Phi) is 4.64. The number of aliphatic hydroxyl groups excluding tert-OH is 1. The molecular weight excluding hydrogens is 280 g/mol. The van der Waals surface area contributed by atoms with Crippen LogP contribution in [0.2, 0.25) is 0 Å². The third kappa shape index (κ3) is 2.96.